The lowest BCUT2D eigenvalue weighted by atomic mass is 10.1. The monoisotopic (exact) mass is 562 g/mol. The molecule has 0 aliphatic heterocycles. The van der Waals surface area contributed by atoms with E-state index in [0.29, 0.717) is 22.8 Å². The first-order valence-electron chi connectivity index (χ1n) is 13.3. The van der Waals surface area contributed by atoms with Crippen LogP contribution in [0.15, 0.2) is 91.8 Å². The van der Waals surface area contributed by atoms with E-state index in [2.05, 4.69) is 25.7 Å². The molecule has 42 heavy (non-hydrogen) atoms. The highest BCUT2D eigenvalue weighted by molar-refractivity contribution is 6.02. The molecule has 0 aliphatic rings. The van der Waals surface area contributed by atoms with Gasteiger partial charge in [-0.15, -0.1) is 0 Å². The van der Waals surface area contributed by atoms with Crippen LogP contribution < -0.4 is 15.4 Å². The van der Waals surface area contributed by atoms with Gasteiger partial charge in [-0.05, 0) is 49.6 Å². The van der Waals surface area contributed by atoms with Crippen molar-refractivity contribution in [3.8, 4) is 34.0 Å². The topological polar surface area (TPSA) is 112 Å². The van der Waals surface area contributed by atoms with Gasteiger partial charge in [-0.3, -0.25) is 19.3 Å². The van der Waals surface area contributed by atoms with E-state index in [9.17, 15) is 4.79 Å². The van der Waals surface area contributed by atoms with Crippen LogP contribution in [0, 0.1) is 5.82 Å². The molecule has 2 aromatic carbocycles. The maximum absolute atomic E-state index is 15.0. The third-order valence-corrected chi connectivity index (χ3v) is 6.58. The van der Waals surface area contributed by atoms with Gasteiger partial charge in [-0.1, -0.05) is 12.1 Å². The van der Waals surface area contributed by atoms with Crippen LogP contribution in [0.25, 0.3) is 33.3 Å². The highest BCUT2D eigenvalue weighted by Gasteiger charge is 2.17. The first-order chi connectivity index (χ1) is 20.3. The Hall–Kier alpha value is -5.58. The molecule has 0 radical (unpaired) electrons. The van der Waals surface area contributed by atoms with E-state index in [1.807, 2.05) is 51.4 Å². The second-order valence-corrected chi connectivity index (χ2v) is 10.0. The average molecular weight is 563 g/mol. The summed E-state index contributed by atoms with van der Waals surface area (Å²) in [5.41, 5.74) is 3.44. The molecule has 0 saturated carbocycles. The van der Waals surface area contributed by atoms with Crippen molar-refractivity contribution in [3.05, 3.63) is 97.6 Å². The normalized spacial score (nSPS) is 11.2. The molecule has 6 rings (SSSR count). The van der Waals surface area contributed by atoms with Gasteiger partial charge in [0.15, 0.2) is 0 Å². The molecule has 0 bridgehead atoms. The molecular formula is C31H27FN8O2. The van der Waals surface area contributed by atoms with Crippen molar-refractivity contribution in [2.45, 2.75) is 19.9 Å². The quantitative estimate of drug-likeness (QED) is 0.216. The van der Waals surface area contributed by atoms with E-state index in [0.717, 1.165) is 21.9 Å². The number of fused-ring (bicyclic) bond motifs is 1. The molecule has 11 heteroatoms. The van der Waals surface area contributed by atoms with Gasteiger partial charge in [0.05, 0.1) is 23.3 Å². The molecule has 210 valence electrons. The van der Waals surface area contributed by atoms with Crippen molar-refractivity contribution < 1.29 is 13.9 Å². The SMILES string of the molecule is CC(C)n1cc(NC(=O)Nc2ccc(Oc3ccnc(-c4cnn(C)c4)c3)cc2F)c(-c2ccc3cnccc3c2)n1. The second kappa shape index (κ2) is 11.1. The minimum absolute atomic E-state index is 0.00151. The number of anilines is 2. The Labute approximate surface area is 240 Å². The number of hydrogen-bond donors (Lipinski definition) is 2. The number of benzene rings is 2. The summed E-state index contributed by atoms with van der Waals surface area (Å²) < 4.78 is 24.3. The van der Waals surface area contributed by atoms with Crippen molar-refractivity contribution in [2.75, 3.05) is 10.6 Å². The molecule has 4 aromatic heterocycles. The molecule has 4 heterocycles. The van der Waals surface area contributed by atoms with Crippen molar-refractivity contribution in [2.24, 2.45) is 7.05 Å². The Kier molecular flexibility index (Phi) is 7.05. The zero-order valence-corrected chi connectivity index (χ0v) is 23.1. The predicted molar refractivity (Wildman–Crippen MR) is 159 cm³/mol. The van der Waals surface area contributed by atoms with Crippen LogP contribution in [-0.4, -0.2) is 35.6 Å². The van der Waals surface area contributed by atoms with E-state index in [1.54, 1.807) is 58.5 Å². The summed E-state index contributed by atoms with van der Waals surface area (Å²) >= 11 is 0. The van der Waals surface area contributed by atoms with Gasteiger partial charge in [0.2, 0.25) is 0 Å². The van der Waals surface area contributed by atoms with Crippen LogP contribution in [-0.2, 0) is 7.05 Å². The Morgan fingerprint density at radius 3 is 2.50 bits per heavy atom. The van der Waals surface area contributed by atoms with Gasteiger partial charge in [0.1, 0.15) is 23.0 Å². The summed E-state index contributed by atoms with van der Waals surface area (Å²) in [5, 5.41) is 16.3. The zero-order chi connectivity index (χ0) is 29.2. The molecule has 0 saturated heterocycles. The summed E-state index contributed by atoms with van der Waals surface area (Å²) in [6, 6.07) is 14.9. The van der Waals surface area contributed by atoms with Crippen LogP contribution in [0.4, 0.5) is 20.6 Å². The largest absolute Gasteiger partial charge is 0.457 e. The van der Waals surface area contributed by atoms with Crippen LogP contribution in [0.5, 0.6) is 11.5 Å². The van der Waals surface area contributed by atoms with Crippen LogP contribution in [0.1, 0.15) is 19.9 Å². The molecule has 2 N–H and O–H groups in total. The van der Waals surface area contributed by atoms with Gasteiger partial charge < -0.3 is 15.4 Å². The summed E-state index contributed by atoms with van der Waals surface area (Å²) in [7, 11) is 1.82. The first-order valence-corrected chi connectivity index (χ1v) is 13.3. The lowest BCUT2D eigenvalue weighted by Gasteiger charge is -2.11. The lowest BCUT2D eigenvalue weighted by molar-refractivity contribution is 0.262. The number of hydrogen-bond acceptors (Lipinski definition) is 6. The number of urea groups is 1. The number of rotatable bonds is 7. The second-order valence-electron chi connectivity index (χ2n) is 10.0. The number of carbonyl (C=O) groups excluding carboxylic acids is 1. The fraction of sp³-hybridized carbons (Fsp3) is 0.129. The predicted octanol–water partition coefficient (Wildman–Crippen LogP) is 7.05. The minimum Gasteiger partial charge on any atom is -0.457 e. The molecule has 0 atom stereocenters. The van der Waals surface area contributed by atoms with Gasteiger partial charge in [0.25, 0.3) is 0 Å². The summed E-state index contributed by atoms with van der Waals surface area (Å²) in [5.74, 6) is 0.112. The van der Waals surface area contributed by atoms with Gasteiger partial charge in [-0.2, -0.15) is 10.2 Å². The first kappa shape index (κ1) is 26.6. The fourth-order valence-corrected chi connectivity index (χ4v) is 4.45. The molecular weight excluding hydrogens is 535 g/mol. The highest BCUT2D eigenvalue weighted by atomic mass is 19.1. The van der Waals surface area contributed by atoms with Crippen LogP contribution in [0.3, 0.4) is 0 Å². The number of aryl methyl sites for hydroxylation is 1. The van der Waals surface area contributed by atoms with E-state index in [4.69, 9.17) is 9.84 Å². The van der Waals surface area contributed by atoms with Gasteiger partial charge in [0, 0.05) is 72.7 Å². The Morgan fingerprint density at radius 1 is 0.881 bits per heavy atom. The third kappa shape index (κ3) is 5.66. The van der Waals surface area contributed by atoms with Gasteiger partial charge in [-0.25, -0.2) is 9.18 Å². The van der Waals surface area contributed by atoms with E-state index < -0.39 is 11.8 Å². The lowest BCUT2D eigenvalue weighted by Crippen LogP contribution is -2.20. The maximum atomic E-state index is 15.0. The smallest absolute Gasteiger partial charge is 0.323 e. The van der Waals surface area contributed by atoms with Gasteiger partial charge >= 0.3 is 6.03 Å². The number of nitrogens with zero attached hydrogens (tertiary/aromatic N) is 6. The molecule has 0 spiro atoms. The maximum Gasteiger partial charge on any atom is 0.323 e. The van der Waals surface area contributed by atoms with E-state index in [1.165, 1.54) is 12.1 Å². The number of nitrogens with one attached hydrogen (secondary N) is 2. The third-order valence-electron chi connectivity index (χ3n) is 6.58. The molecule has 0 unspecified atom stereocenters. The number of halogens is 1. The van der Waals surface area contributed by atoms with E-state index >= 15 is 4.39 Å². The van der Waals surface area contributed by atoms with Crippen molar-refractivity contribution in [3.63, 3.8) is 0 Å². The number of amides is 2. The number of pyridine rings is 2. The Bertz CT molecular complexity index is 1910. The molecule has 2 amide bonds. The summed E-state index contributed by atoms with van der Waals surface area (Å²) in [4.78, 5) is 21.5. The fourth-order valence-electron chi connectivity index (χ4n) is 4.45. The average Bonchev–Trinajstić information content (AvgIpc) is 3.61. The summed E-state index contributed by atoms with van der Waals surface area (Å²) in [6.45, 7) is 3.99. The Morgan fingerprint density at radius 2 is 1.71 bits per heavy atom. The highest BCUT2D eigenvalue weighted by Crippen LogP contribution is 2.31. The molecule has 10 nitrogen and oxygen atoms in total. The Balaban J connectivity index is 1.18. The number of carbonyl (C=O) groups is 1. The number of aromatic nitrogens is 6. The standard InChI is InChI=1S/C31H27FN8O2/c1-19(2)40-18-29(30(38-40)21-4-5-22-15-33-10-8-20(22)12-21)37-31(41)36-27-7-6-24(13-26(27)32)42-25-9-11-34-28(14-25)23-16-35-39(3)17-23/h4-19H,1-3H3,(H2,36,37,41). The molecule has 0 fully saturated rings. The van der Waals surface area contributed by atoms with Crippen LogP contribution in [0.2, 0.25) is 0 Å². The van der Waals surface area contributed by atoms with Crippen molar-refractivity contribution >= 4 is 28.2 Å². The van der Waals surface area contributed by atoms with Crippen LogP contribution >= 0.6 is 0 Å². The molecule has 6 aromatic rings. The van der Waals surface area contributed by atoms with E-state index in [-0.39, 0.29) is 17.5 Å². The molecule has 0 aliphatic carbocycles. The van der Waals surface area contributed by atoms with Crippen molar-refractivity contribution in [1.82, 2.24) is 29.5 Å². The summed E-state index contributed by atoms with van der Waals surface area (Å²) in [6.07, 6.45) is 10.4. The number of ether oxygens (including phenoxy) is 1. The minimum atomic E-state index is -0.648. The zero-order valence-electron chi connectivity index (χ0n) is 23.1. The van der Waals surface area contributed by atoms with Crippen molar-refractivity contribution in [1.29, 1.82) is 0 Å².